The summed E-state index contributed by atoms with van der Waals surface area (Å²) in [5.41, 5.74) is 0.716. The molecule has 0 aromatic heterocycles. The largest absolute Gasteiger partial charge is 0.471 e. The minimum Gasteiger partial charge on any atom is -0.471 e. The summed E-state index contributed by atoms with van der Waals surface area (Å²) in [6, 6.07) is 24.6. The summed E-state index contributed by atoms with van der Waals surface area (Å²) in [6.45, 7) is 1.75. The molecule has 0 radical (unpaired) electrons. The van der Waals surface area contributed by atoms with Crippen molar-refractivity contribution in [3.63, 3.8) is 0 Å². The fourth-order valence-corrected chi connectivity index (χ4v) is 4.58. The summed E-state index contributed by atoms with van der Waals surface area (Å²) in [5.74, 6) is -3.39. The van der Waals surface area contributed by atoms with Crippen LogP contribution in [0.1, 0.15) is 44.4 Å². The van der Waals surface area contributed by atoms with Gasteiger partial charge in [-0.2, -0.15) is 0 Å². The second-order valence-electron chi connectivity index (χ2n) is 9.40. The highest BCUT2D eigenvalue weighted by Crippen LogP contribution is 2.37. The van der Waals surface area contributed by atoms with Crippen molar-refractivity contribution in [1.29, 1.82) is 5.41 Å². The van der Waals surface area contributed by atoms with Crippen molar-refractivity contribution < 1.29 is 33.3 Å². The number of carbonyl (C=O) groups excluding carboxylic acids is 3. The Labute approximate surface area is 251 Å². The Bertz CT molecular complexity index is 1370. The number of hydrogen-bond acceptors (Lipinski definition) is 8. The van der Waals surface area contributed by atoms with Gasteiger partial charge in [-0.1, -0.05) is 96.3 Å². The van der Waals surface area contributed by atoms with E-state index >= 15 is 0 Å². The first-order chi connectivity index (χ1) is 19.5. The number of nitrogens with one attached hydrogen (secondary N) is 1. The van der Waals surface area contributed by atoms with E-state index in [4.69, 9.17) is 59.2 Å². The lowest BCUT2D eigenvalue weighted by atomic mass is 9.81. The molecule has 0 spiro atoms. The van der Waals surface area contributed by atoms with E-state index in [-0.39, 0.29) is 23.1 Å². The molecule has 0 aliphatic heterocycles. The van der Waals surface area contributed by atoms with Crippen LogP contribution in [0.2, 0.25) is 0 Å². The van der Waals surface area contributed by atoms with Crippen LogP contribution in [0.15, 0.2) is 91.0 Å². The molecular formula is C30H26Cl3NO7. The fraction of sp³-hybridized carbons (Fsp3) is 0.267. The van der Waals surface area contributed by atoms with E-state index in [1.54, 1.807) is 97.9 Å². The molecule has 1 aliphatic rings. The van der Waals surface area contributed by atoms with E-state index < -0.39 is 57.9 Å². The summed E-state index contributed by atoms with van der Waals surface area (Å²) in [5, 5.41) is 8.14. The van der Waals surface area contributed by atoms with Crippen molar-refractivity contribution in [2.75, 3.05) is 0 Å². The lowest BCUT2D eigenvalue weighted by molar-refractivity contribution is -0.158. The van der Waals surface area contributed by atoms with Crippen LogP contribution >= 0.6 is 34.8 Å². The Morgan fingerprint density at radius 3 is 1.39 bits per heavy atom. The van der Waals surface area contributed by atoms with Gasteiger partial charge in [0.15, 0.2) is 12.2 Å². The van der Waals surface area contributed by atoms with Crippen molar-refractivity contribution in [3.8, 4) is 0 Å². The van der Waals surface area contributed by atoms with Crippen LogP contribution < -0.4 is 0 Å². The molecule has 0 amide bonds. The third kappa shape index (κ3) is 7.79. The van der Waals surface area contributed by atoms with Crippen LogP contribution in [0.3, 0.4) is 0 Å². The van der Waals surface area contributed by atoms with Crippen LogP contribution in [0.5, 0.6) is 0 Å². The Kier molecular flexibility index (Phi) is 9.91. The Hall–Kier alpha value is -3.59. The van der Waals surface area contributed by atoms with Gasteiger partial charge in [0.05, 0.1) is 16.7 Å². The average Bonchev–Trinajstić information content (AvgIpc) is 2.97. The predicted molar refractivity (Wildman–Crippen MR) is 154 cm³/mol. The van der Waals surface area contributed by atoms with Gasteiger partial charge in [-0.3, -0.25) is 5.41 Å². The highest BCUT2D eigenvalue weighted by Gasteiger charge is 2.52. The van der Waals surface area contributed by atoms with Gasteiger partial charge in [0.1, 0.15) is 12.2 Å². The molecule has 214 valence electrons. The molecule has 0 heterocycles. The Balaban J connectivity index is 1.73. The van der Waals surface area contributed by atoms with Gasteiger partial charge in [-0.05, 0) is 42.8 Å². The molecule has 11 heteroatoms. The van der Waals surface area contributed by atoms with Gasteiger partial charge in [0, 0.05) is 5.92 Å². The standard InChI is InChI=1S/C30H26Cl3NO7/c1-18-17-22(38-29(34)30(31,32)33)24(40-27(36)20-13-7-3-8-14-20)25(41-28(37)21-15-9-4-10-16-21)23(18)39-26(35)19-11-5-2-6-12-19/h2-16,18,22-25,34H,17H2,1H3/t18-,22?,23-,24-,25-/m1/s1. The van der Waals surface area contributed by atoms with Crippen LogP contribution in [0.4, 0.5) is 0 Å². The zero-order valence-corrected chi connectivity index (χ0v) is 24.0. The molecule has 4 rings (SSSR count). The highest BCUT2D eigenvalue weighted by molar-refractivity contribution is 6.76. The molecule has 1 unspecified atom stereocenters. The first kappa shape index (κ1) is 30.4. The van der Waals surface area contributed by atoms with Gasteiger partial charge in [-0.15, -0.1) is 0 Å². The quantitative estimate of drug-likeness (QED) is 0.107. The van der Waals surface area contributed by atoms with E-state index in [9.17, 15) is 14.4 Å². The summed E-state index contributed by atoms with van der Waals surface area (Å²) in [7, 11) is 0. The molecule has 5 atom stereocenters. The van der Waals surface area contributed by atoms with Crippen molar-refractivity contribution in [2.45, 2.75) is 41.6 Å². The van der Waals surface area contributed by atoms with Gasteiger partial charge in [-0.25, -0.2) is 14.4 Å². The SMILES string of the molecule is C[C@@H]1CC(OC(=N)C(Cl)(Cl)Cl)[C@@H](OC(=O)c2ccccc2)[C@H](OC(=O)c2ccccc2)[C@@H]1OC(=O)c1ccccc1. The van der Waals surface area contributed by atoms with Crippen LogP contribution in [-0.4, -0.2) is 52.0 Å². The molecule has 41 heavy (non-hydrogen) atoms. The fourth-order valence-electron chi connectivity index (χ4n) is 4.45. The molecule has 0 bridgehead atoms. The van der Waals surface area contributed by atoms with Gasteiger partial charge in [0.25, 0.3) is 3.79 Å². The predicted octanol–water partition coefficient (Wildman–Crippen LogP) is 6.44. The Morgan fingerprint density at radius 2 is 1.00 bits per heavy atom. The third-order valence-electron chi connectivity index (χ3n) is 6.46. The molecule has 3 aromatic rings. The Morgan fingerprint density at radius 1 is 0.634 bits per heavy atom. The zero-order valence-electron chi connectivity index (χ0n) is 21.7. The number of rotatable bonds is 7. The summed E-state index contributed by atoms with van der Waals surface area (Å²) >= 11 is 17.6. The maximum Gasteiger partial charge on any atom is 0.338 e. The normalized spacial score (nSPS) is 22.2. The molecule has 1 saturated carbocycles. The molecule has 8 nitrogen and oxygen atoms in total. The lowest BCUT2D eigenvalue weighted by Gasteiger charge is -2.44. The molecule has 1 N–H and O–H groups in total. The average molecular weight is 619 g/mol. The summed E-state index contributed by atoms with van der Waals surface area (Å²) in [4.78, 5) is 39.6. The molecular weight excluding hydrogens is 593 g/mol. The van der Waals surface area contributed by atoms with E-state index in [1.807, 2.05) is 0 Å². The molecule has 1 aliphatic carbocycles. The minimum absolute atomic E-state index is 0.0992. The van der Waals surface area contributed by atoms with Crippen molar-refractivity contribution in [3.05, 3.63) is 108 Å². The van der Waals surface area contributed by atoms with Crippen molar-refractivity contribution in [2.24, 2.45) is 5.92 Å². The monoisotopic (exact) mass is 617 g/mol. The molecule has 1 fully saturated rings. The van der Waals surface area contributed by atoms with Crippen LogP contribution in [0, 0.1) is 11.3 Å². The lowest BCUT2D eigenvalue weighted by Crippen LogP contribution is -2.59. The van der Waals surface area contributed by atoms with Gasteiger partial charge >= 0.3 is 17.9 Å². The number of benzene rings is 3. The highest BCUT2D eigenvalue weighted by atomic mass is 35.6. The first-order valence-electron chi connectivity index (χ1n) is 12.6. The number of hydrogen-bond donors (Lipinski definition) is 1. The van der Waals surface area contributed by atoms with E-state index in [0.29, 0.717) is 0 Å². The smallest absolute Gasteiger partial charge is 0.338 e. The molecule has 3 aromatic carbocycles. The number of carbonyl (C=O) groups is 3. The van der Waals surface area contributed by atoms with Crippen molar-refractivity contribution in [1.82, 2.24) is 0 Å². The van der Waals surface area contributed by atoms with Gasteiger partial charge < -0.3 is 18.9 Å². The number of esters is 3. The maximum atomic E-state index is 13.3. The van der Waals surface area contributed by atoms with E-state index in [0.717, 1.165) is 0 Å². The summed E-state index contributed by atoms with van der Waals surface area (Å²) in [6.07, 6.45) is -4.76. The van der Waals surface area contributed by atoms with Crippen LogP contribution in [-0.2, 0) is 18.9 Å². The van der Waals surface area contributed by atoms with Crippen LogP contribution in [0.25, 0.3) is 0 Å². The van der Waals surface area contributed by atoms with E-state index in [2.05, 4.69) is 0 Å². The maximum absolute atomic E-state index is 13.3. The van der Waals surface area contributed by atoms with E-state index in [1.165, 1.54) is 0 Å². The summed E-state index contributed by atoms with van der Waals surface area (Å²) < 4.78 is 21.1. The molecule has 0 saturated heterocycles. The zero-order chi connectivity index (χ0) is 29.6. The number of ether oxygens (including phenoxy) is 4. The second-order valence-corrected chi connectivity index (χ2v) is 11.7. The van der Waals surface area contributed by atoms with Crippen molar-refractivity contribution >= 4 is 58.6 Å². The topological polar surface area (TPSA) is 112 Å². The van der Waals surface area contributed by atoms with Gasteiger partial charge in [0.2, 0.25) is 5.90 Å². The number of halogens is 3. The minimum atomic E-state index is -2.20. The third-order valence-corrected chi connectivity index (χ3v) is 6.98. The first-order valence-corrected chi connectivity index (χ1v) is 13.8. The number of alkyl halides is 3. The second kappa shape index (κ2) is 13.4.